The maximum atomic E-state index is 13.7. The highest BCUT2D eigenvalue weighted by Gasteiger charge is 2.44. The second-order valence-corrected chi connectivity index (χ2v) is 9.05. The number of nitrogens with two attached hydrogens (primary N) is 1. The van der Waals surface area contributed by atoms with Crippen molar-refractivity contribution < 1.29 is 27.6 Å². The van der Waals surface area contributed by atoms with Crippen molar-refractivity contribution >= 4 is 35.2 Å². The van der Waals surface area contributed by atoms with Gasteiger partial charge in [0.15, 0.2) is 0 Å². The Kier molecular flexibility index (Phi) is 6.80. The third-order valence-corrected chi connectivity index (χ3v) is 6.67. The van der Waals surface area contributed by atoms with Gasteiger partial charge in [0, 0.05) is 16.5 Å². The Hall–Kier alpha value is -3.50. The fraction of sp³-hybridized carbons (Fsp3) is 0.208. The van der Waals surface area contributed by atoms with Crippen molar-refractivity contribution in [3.05, 3.63) is 83.8 Å². The van der Waals surface area contributed by atoms with Crippen LogP contribution in [-0.2, 0) is 20.8 Å². The van der Waals surface area contributed by atoms with Crippen molar-refractivity contribution in [2.75, 3.05) is 5.32 Å². The van der Waals surface area contributed by atoms with Crippen LogP contribution in [0, 0.1) is 11.6 Å². The normalized spacial score (nSPS) is 18.4. The lowest BCUT2D eigenvalue weighted by Gasteiger charge is -2.33. The van der Waals surface area contributed by atoms with E-state index in [2.05, 4.69) is 5.32 Å². The Balaban J connectivity index is 1.78. The Labute approximate surface area is 198 Å². The standard InChI is InChI=1S/C24H21F2N3O4S/c1-13(27)24(32)29(20(30)10-14-8-16(25)11-17(26)9-14)21-22(15-6-7-33-12-15)34-19-5-3-2-4-18(19)28-23(21)31/h2-9,11-13,21-22H,10,27H2,1H3,(H,28,31)/t13-,21-,22+/m0/s1. The van der Waals surface area contributed by atoms with Gasteiger partial charge in [-0.25, -0.2) is 8.78 Å². The molecular formula is C24H21F2N3O4S. The first-order valence-electron chi connectivity index (χ1n) is 10.4. The van der Waals surface area contributed by atoms with Gasteiger partial charge in [-0.1, -0.05) is 12.1 Å². The van der Waals surface area contributed by atoms with E-state index in [0.29, 0.717) is 17.3 Å². The zero-order chi connectivity index (χ0) is 24.4. The van der Waals surface area contributed by atoms with Crippen LogP contribution in [0.1, 0.15) is 23.3 Å². The summed E-state index contributed by atoms with van der Waals surface area (Å²) in [6, 6.07) is 8.99. The molecule has 7 nitrogen and oxygen atoms in total. The van der Waals surface area contributed by atoms with Gasteiger partial charge in [-0.05, 0) is 42.8 Å². The number of para-hydroxylation sites is 1. The van der Waals surface area contributed by atoms with E-state index in [-0.39, 0.29) is 5.56 Å². The molecule has 4 rings (SSSR count). The molecular weight excluding hydrogens is 464 g/mol. The van der Waals surface area contributed by atoms with Crippen LogP contribution in [0.25, 0.3) is 0 Å². The van der Waals surface area contributed by atoms with Gasteiger partial charge in [0.25, 0.3) is 0 Å². The molecule has 34 heavy (non-hydrogen) atoms. The lowest BCUT2D eigenvalue weighted by molar-refractivity contribution is -0.151. The number of furan rings is 1. The van der Waals surface area contributed by atoms with Crippen molar-refractivity contribution in [1.29, 1.82) is 0 Å². The van der Waals surface area contributed by atoms with Gasteiger partial charge in [0.05, 0.1) is 35.9 Å². The molecule has 1 aromatic heterocycles. The minimum atomic E-state index is -1.31. The molecule has 2 aromatic carbocycles. The molecule has 3 amide bonds. The van der Waals surface area contributed by atoms with E-state index < -0.39 is 53.1 Å². The molecule has 2 heterocycles. The number of carbonyl (C=O) groups is 3. The first-order chi connectivity index (χ1) is 16.2. The molecule has 0 saturated heterocycles. The Morgan fingerprint density at radius 3 is 2.53 bits per heavy atom. The van der Waals surface area contributed by atoms with E-state index in [1.807, 2.05) is 6.07 Å². The van der Waals surface area contributed by atoms with Crippen molar-refractivity contribution in [2.45, 2.75) is 35.6 Å². The third-order valence-electron chi connectivity index (χ3n) is 5.28. The number of nitrogens with one attached hydrogen (secondary N) is 1. The van der Waals surface area contributed by atoms with E-state index in [4.69, 9.17) is 10.2 Å². The number of hydrogen-bond donors (Lipinski definition) is 2. The van der Waals surface area contributed by atoms with Crippen LogP contribution in [-0.4, -0.2) is 34.7 Å². The van der Waals surface area contributed by atoms with Crippen LogP contribution < -0.4 is 11.1 Å². The summed E-state index contributed by atoms with van der Waals surface area (Å²) in [5, 5.41) is 2.05. The summed E-state index contributed by atoms with van der Waals surface area (Å²) in [5.74, 6) is -3.92. The number of carbonyl (C=O) groups excluding carboxylic acids is 3. The van der Waals surface area contributed by atoms with E-state index >= 15 is 0 Å². The van der Waals surface area contributed by atoms with Gasteiger partial charge < -0.3 is 15.5 Å². The number of fused-ring (bicyclic) bond motifs is 1. The van der Waals surface area contributed by atoms with Crippen LogP contribution in [0.5, 0.6) is 0 Å². The maximum Gasteiger partial charge on any atom is 0.249 e. The summed E-state index contributed by atoms with van der Waals surface area (Å²) in [6.45, 7) is 1.40. The van der Waals surface area contributed by atoms with Gasteiger partial charge in [0.2, 0.25) is 17.7 Å². The number of rotatable bonds is 5. The second-order valence-electron chi connectivity index (χ2n) is 7.87. The minimum absolute atomic E-state index is 0.0230. The van der Waals surface area contributed by atoms with Crippen LogP contribution >= 0.6 is 11.8 Å². The summed E-state index contributed by atoms with van der Waals surface area (Å²) in [5.41, 5.74) is 6.96. The summed E-state index contributed by atoms with van der Waals surface area (Å²) in [7, 11) is 0. The summed E-state index contributed by atoms with van der Waals surface area (Å²) >= 11 is 1.28. The van der Waals surface area contributed by atoms with Crippen molar-refractivity contribution in [2.24, 2.45) is 5.73 Å². The molecule has 10 heteroatoms. The van der Waals surface area contributed by atoms with Gasteiger partial charge in [-0.2, -0.15) is 0 Å². The molecule has 0 aliphatic carbocycles. The van der Waals surface area contributed by atoms with Gasteiger partial charge >= 0.3 is 0 Å². The molecule has 3 N–H and O–H groups in total. The smallest absolute Gasteiger partial charge is 0.249 e. The molecule has 0 unspecified atom stereocenters. The monoisotopic (exact) mass is 485 g/mol. The lowest BCUT2D eigenvalue weighted by atomic mass is 10.0. The number of amides is 3. The highest BCUT2D eigenvalue weighted by molar-refractivity contribution is 7.99. The number of nitrogens with zero attached hydrogens (tertiary/aromatic N) is 1. The number of benzene rings is 2. The largest absolute Gasteiger partial charge is 0.472 e. The number of hydrogen-bond acceptors (Lipinski definition) is 6. The second kappa shape index (κ2) is 9.78. The van der Waals surface area contributed by atoms with Crippen LogP contribution in [0.4, 0.5) is 14.5 Å². The van der Waals surface area contributed by atoms with E-state index in [1.54, 1.807) is 24.3 Å². The fourth-order valence-corrected chi connectivity index (χ4v) is 5.09. The number of anilines is 1. The average molecular weight is 486 g/mol. The predicted octanol–water partition coefficient (Wildman–Crippen LogP) is 3.66. The topological polar surface area (TPSA) is 106 Å². The molecule has 1 aliphatic heterocycles. The minimum Gasteiger partial charge on any atom is -0.472 e. The van der Waals surface area contributed by atoms with Crippen molar-refractivity contribution in [3.8, 4) is 0 Å². The molecule has 176 valence electrons. The summed E-state index contributed by atoms with van der Waals surface area (Å²) < 4.78 is 32.6. The zero-order valence-corrected chi connectivity index (χ0v) is 18.9. The van der Waals surface area contributed by atoms with Gasteiger partial charge in [-0.15, -0.1) is 11.8 Å². The van der Waals surface area contributed by atoms with Crippen molar-refractivity contribution in [1.82, 2.24) is 4.90 Å². The SMILES string of the molecule is C[C@H](N)C(=O)N(C(=O)Cc1cc(F)cc(F)c1)[C@@H]1C(=O)Nc2ccccc2S[C@@H]1c1ccoc1. The van der Waals surface area contributed by atoms with Gasteiger partial charge in [-0.3, -0.25) is 19.3 Å². The quantitative estimate of drug-likeness (QED) is 0.572. The highest BCUT2D eigenvalue weighted by Crippen LogP contribution is 2.45. The van der Waals surface area contributed by atoms with Crippen molar-refractivity contribution in [3.63, 3.8) is 0 Å². The highest BCUT2D eigenvalue weighted by atomic mass is 32.2. The van der Waals surface area contributed by atoms with Crippen LogP contribution in [0.15, 0.2) is 70.4 Å². The van der Waals surface area contributed by atoms with E-state index in [0.717, 1.165) is 21.9 Å². The third kappa shape index (κ3) is 4.87. The Morgan fingerprint density at radius 1 is 1.18 bits per heavy atom. The first-order valence-corrected chi connectivity index (χ1v) is 11.3. The molecule has 0 spiro atoms. The molecule has 0 bridgehead atoms. The molecule has 3 aromatic rings. The number of halogens is 2. The molecule has 0 saturated carbocycles. The van der Waals surface area contributed by atoms with Crippen LogP contribution in [0.2, 0.25) is 0 Å². The molecule has 3 atom stereocenters. The Bertz CT molecular complexity index is 1210. The van der Waals surface area contributed by atoms with Gasteiger partial charge in [0.1, 0.15) is 17.7 Å². The number of imide groups is 1. The number of thioether (sulfide) groups is 1. The van der Waals surface area contributed by atoms with Crippen LogP contribution in [0.3, 0.4) is 0 Å². The average Bonchev–Trinajstić information content (AvgIpc) is 3.26. The molecule has 1 aliphatic rings. The maximum absolute atomic E-state index is 13.7. The fourth-order valence-electron chi connectivity index (χ4n) is 3.77. The zero-order valence-electron chi connectivity index (χ0n) is 18.0. The molecule has 0 fully saturated rings. The van der Waals surface area contributed by atoms with E-state index in [9.17, 15) is 23.2 Å². The summed E-state index contributed by atoms with van der Waals surface area (Å²) in [4.78, 5) is 41.6. The lowest BCUT2D eigenvalue weighted by Crippen LogP contribution is -2.56. The molecule has 0 radical (unpaired) electrons. The first kappa shape index (κ1) is 23.7. The van der Waals surface area contributed by atoms with E-state index in [1.165, 1.54) is 31.2 Å². The summed E-state index contributed by atoms with van der Waals surface area (Å²) in [6.07, 6.45) is 2.36. The predicted molar refractivity (Wildman–Crippen MR) is 122 cm³/mol. The Morgan fingerprint density at radius 2 is 1.88 bits per heavy atom.